The molecule has 0 aliphatic heterocycles. The minimum absolute atomic E-state index is 0.695. The molecule has 0 aliphatic rings. The number of hydrogen-bond acceptors (Lipinski definition) is 2. The van der Waals surface area contributed by atoms with E-state index >= 15 is 0 Å². The van der Waals surface area contributed by atoms with Crippen molar-refractivity contribution in [1.29, 1.82) is 0 Å². The van der Waals surface area contributed by atoms with Crippen molar-refractivity contribution in [1.82, 2.24) is 0 Å². The number of benzene rings is 1. The third kappa shape index (κ3) is 3.89. The highest BCUT2D eigenvalue weighted by molar-refractivity contribution is 6.65. The van der Waals surface area contributed by atoms with E-state index < -0.39 is 8.56 Å². The quantitative estimate of drug-likeness (QED) is 0.710. The van der Waals surface area contributed by atoms with Gasteiger partial charge in [-0.2, -0.15) is 0 Å². The van der Waals surface area contributed by atoms with E-state index in [9.17, 15) is 0 Å². The Morgan fingerprint density at radius 2 is 2.13 bits per heavy atom. The first-order valence-corrected chi connectivity index (χ1v) is 7.94. The molecule has 82 valence electrons. The maximum atomic E-state index is 5.85. The molecule has 0 aromatic heterocycles. The van der Waals surface area contributed by atoms with Gasteiger partial charge < -0.3 is 8.85 Å². The standard InChI is InChI=1S/C12H18O2Si/c1-5-11-8-7-9-12(10-11)14-15(3,4)13-6-2/h5,7-10H,1,6H2,2-4H3. The molecule has 0 aliphatic carbocycles. The summed E-state index contributed by atoms with van der Waals surface area (Å²) < 4.78 is 11.5. The summed E-state index contributed by atoms with van der Waals surface area (Å²) >= 11 is 0. The largest absolute Gasteiger partial charge is 0.520 e. The molecule has 0 atom stereocenters. The Bertz CT molecular complexity index is 334. The molecule has 0 N–H and O–H groups in total. The van der Waals surface area contributed by atoms with Gasteiger partial charge in [-0.25, -0.2) is 0 Å². The highest BCUT2D eigenvalue weighted by atomic mass is 28.4. The second kappa shape index (κ2) is 5.14. The summed E-state index contributed by atoms with van der Waals surface area (Å²) in [6.07, 6.45) is 1.81. The molecule has 0 heterocycles. The minimum Gasteiger partial charge on any atom is -0.520 e. The van der Waals surface area contributed by atoms with Crippen molar-refractivity contribution in [2.75, 3.05) is 6.61 Å². The minimum atomic E-state index is -2.01. The first-order chi connectivity index (χ1) is 7.07. The van der Waals surface area contributed by atoms with E-state index in [2.05, 4.69) is 6.58 Å². The maximum Gasteiger partial charge on any atom is 0.392 e. The van der Waals surface area contributed by atoms with E-state index in [1.54, 1.807) is 0 Å². The van der Waals surface area contributed by atoms with Crippen LogP contribution in [0.25, 0.3) is 6.08 Å². The second-order valence-electron chi connectivity index (χ2n) is 3.71. The van der Waals surface area contributed by atoms with E-state index in [-0.39, 0.29) is 0 Å². The van der Waals surface area contributed by atoms with E-state index in [1.807, 2.05) is 50.4 Å². The molecular formula is C12H18O2Si. The molecule has 0 bridgehead atoms. The van der Waals surface area contributed by atoms with Crippen molar-refractivity contribution in [3.8, 4) is 5.75 Å². The highest BCUT2D eigenvalue weighted by Crippen LogP contribution is 2.18. The van der Waals surface area contributed by atoms with Gasteiger partial charge in [-0.1, -0.05) is 24.8 Å². The normalized spacial score (nSPS) is 11.1. The van der Waals surface area contributed by atoms with Crippen LogP contribution in [0.5, 0.6) is 5.75 Å². The SMILES string of the molecule is C=Cc1cccc(O[Si](C)(C)OCC)c1. The lowest BCUT2D eigenvalue weighted by molar-refractivity contribution is 0.264. The van der Waals surface area contributed by atoms with Crippen molar-refractivity contribution in [2.24, 2.45) is 0 Å². The van der Waals surface area contributed by atoms with Gasteiger partial charge in [-0.15, -0.1) is 0 Å². The Labute approximate surface area is 92.8 Å². The predicted molar refractivity (Wildman–Crippen MR) is 66.3 cm³/mol. The van der Waals surface area contributed by atoms with Gasteiger partial charge >= 0.3 is 8.56 Å². The molecule has 0 fully saturated rings. The van der Waals surface area contributed by atoms with Gasteiger partial charge in [0.15, 0.2) is 0 Å². The van der Waals surface area contributed by atoms with Crippen LogP contribution in [-0.4, -0.2) is 15.2 Å². The third-order valence-corrected chi connectivity index (χ3v) is 3.66. The summed E-state index contributed by atoms with van der Waals surface area (Å²) in [6, 6.07) is 7.87. The lowest BCUT2D eigenvalue weighted by atomic mass is 10.2. The van der Waals surface area contributed by atoms with Crippen molar-refractivity contribution >= 4 is 14.6 Å². The fraction of sp³-hybridized carbons (Fsp3) is 0.333. The van der Waals surface area contributed by atoms with Gasteiger partial charge in [0.05, 0.1) is 0 Å². The van der Waals surface area contributed by atoms with Crippen LogP contribution in [-0.2, 0) is 4.43 Å². The number of hydrogen-bond donors (Lipinski definition) is 0. The molecule has 0 saturated carbocycles. The molecule has 2 nitrogen and oxygen atoms in total. The highest BCUT2D eigenvalue weighted by Gasteiger charge is 2.25. The smallest absolute Gasteiger partial charge is 0.392 e. The fourth-order valence-corrected chi connectivity index (χ4v) is 2.81. The molecular weight excluding hydrogens is 204 g/mol. The molecule has 0 amide bonds. The second-order valence-corrected chi connectivity index (χ2v) is 7.00. The molecule has 0 unspecified atom stereocenters. The Balaban J connectivity index is 2.75. The van der Waals surface area contributed by atoms with Crippen LogP contribution >= 0.6 is 0 Å². The topological polar surface area (TPSA) is 18.5 Å². The van der Waals surface area contributed by atoms with Gasteiger partial charge in [-0.05, 0) is 37.7 Å². The summed E-state index contributed by atoms with van der Waals surface area (Å²) in [6.45, 7) is 10.5. The van der Waals surface area contributed by atoms with Crippen molar-refractivity contribution < 1.29 is 8.85 Å². The van der Waals surface area contributed by atoms with E-state index in [0.29, 0.717) is 6.61 Å². The van der Waals surface area contributed by atoms with Crippen LogP contribution in [0, 0.1) is 0 Å². The van der Waals surface area contributed by atoms with Crippen molar-refractivity contribution in [2.45, 2.75) is 20.0 Å². The van der Waals surface area contributed by atoms with Gasteiger partial charge in [0.2, 0.25) is 0 Å². The van der Waals surface area contributed by atoms with Crippen LogP contribution in [0.4, 0.5) is 0 Å². The van der Waals surface area contributed by atoms with Gasteiger partial charge in [0.25, 0.3) is 0 Å². The summed E-state index contributed by atoms with van der Waals surface area (Å²) in [5.74, 6) is 0.859. The van der Waals surface area contributed by atoms with E-state index in [4.69, 9.17) is 8.85 Å². The molecule has 0 spiro atoms. The first kappa shape index (κ1) is 12.0. The van der Waals surface area contributed by atoms with Crippen molar-refractivity contribution in [3.63, 3.8) is 0 Å². The fourth-order valence-electron chi connectivity index (χ4n) is 1.37. The Morgan fingerprint density at radius 1 is 1.40 bits per heavy atom. The summed E-state index contributed by atoms with van der Waals surface area (Å²) in [7, 11) is -2.01. The van der Waals surface area contributed by atoms with Gasteiger partial charge in [-0.3, -0.25) is 0 Å². The van der Waals surface area contributed by atoms with E-state index in [1.165, 1.54) is 0 Å². The van der Waals surface area contributed by atoms with Gasteiger partial charge in [0.1, 0.15) is 5.75 Å². The maximum absolute atomic E-state index is 5.85. The molecule has 15 heavy (non-hydrogen) atoms. The van der Waals surface area contributed by atoms with Crippen LogP contribution in [0.2, 0.25) is 13.1 Å². The van der Waals surface area contributed by atoms with Crippen LogP contribution in [0.15, 0.2) is 30.8 Å². The Morgan fingerprint density at radius 3 is 2.73 bits per heavy atom. The van der Waals surface area contributed by atoms with Crippen molar-refractivity contribution in [3.05, 3.63) is 36.4 Å². The van der Waals surface area contributed by atoms with Gasteiger partial charge in [0, 0.05) is 6.61 Å². The summed E-state index contributed by atoms with van der Waals surface area (Å²) in [5.41, 5.74) is 1.06. The summed E-state index contributed by atoms with van der Waals surface area (Å²) in [5, 5.41) is 0. The predicted octanol–water partition coefficient (Wildman–Crippen LogP) is 3.45. The molecule has 1 aromatic rings. The molecule has 3 heteroatoms. The molecule has 1 aromatic carbocycles. The Kier molecular flexibility index (Phi) is 4.12. The average Bonchev–Trinajstić information content (AvgIpc) is 2.17. The summed E-state index contributed by atoms with van der Waals surface area (Å²) in [4.78, 5) is 0. The Hall–Kier alpha value is -1.06. The van der Waals surface area contributed by atoms with Crippen LogP contribution in [0.1, 0.15) is 12.5 Å². The zero-order valence-electron chi connectivity index (χ0n) is 9.62. The molecule has 0 radical (unpaired) electrons. The third-order valence-electron chi connectivity index (χ3n) is 1.95. The molecule has 1 rings (SSSR count). The lowest BCUT2D eigenvalue weighted by Gasteiger charge is -2.23. The lowest BCUT2D eigenvalue weighted by Crippen LogP contribution is -2.38. The van der Waals surface area contributed by atoms with Crippen LogP contribution < -0.4 is 4.43 Å². The number of rotatable bonds is 5. The monoisotopic (exact) mass is 222 g/mol. The average molecular weight is 222 g/mol. The zero-order chi connectivity index (χ0) is 11.3. The van der Waals surface area contributed by atoms with Crippen LogP contribution in [0.3, 0.4) is 0 Å². The van der Waals surface area contributed by atoms with E-state index in [0.717, 1.165) is 11.3 Å². The molecule has 0 saturated heterocycles. The first-order valence-electron chi connectivity index (χ1n) is 5.13. The zero-order valence-corrected chi connectivity index (χ0v) is 10.6.